The first kappa shape index (κ1) is 11.2. The summed E-state index contributed by atoms with van der Waals surface area (Å²) < 4.78 is 1.42. The number of nitrogens with zero attached hydrogens (tertiary/aromatic N) is 1. The summed E-state index contributed by atoms with van der Waals surface area (Å²) in [5.41, 5.74) is 0.202. The van der Waals surface area contributed by atoms with E-state index in [1.54, 1.807) is 25.4 Å². The van der Waals surface area contributed by atoms with Gasteiger partial charge in [0.2, 0.25) is 0 Å². The minimum Gasteiger partial charge on any atom is -0.352 e. The standard InChI is InChI=1S/C11H14N2O2/c1-3-4-6-12-11(15)9-5-7-13(2)10(14)8-9/h3,5,7-8H,1,4,6H2,2H3,(H,12,15). The fourth-order valence-electron chi connectivity index (χ4n) is 1.08. The van der Waals surface area contributed by atoms with Crippen LogP contribution in [0.25, 0.3) is 0 Å². The Bertz CT molecular complexity index is 421. The third kappa shape index (κ3) is 3.09. The Morgan fingerprint density at radius 1 is 1.67 bits per heavy atom. The molecule has 1 aromatic heterocycles. The molecule has 0 spiro atoms. The molecule has 0 aliphatic carbocycles. The summed E-state index contributed by atoms with van der Waals surface area (Å²) >= 11 is 0. The molecule has 0 unspecified atom stereocenters. The second-order valence-corrected chi connectivity index (χ2v) is 3.20. The van der Waals surface area contributed by atoms with Crippen molar-refractivity contribution in [3.05, 3.63) is 46.9 Å². The second-order valence-electron chi connectivity index (χ2n) is 3.20. The number of hydrogen-bond donors (Lipinski definition) is 1. The number of rotatable bonds is 4. The quantitative estimate of drug-likeness (QED) is 0.582. The van der Waals surface area contributed by atoms with Gasteiger partial charge in [-0.25, -0.2) is 0 Å². The number of pyridine rings is 1. The summed E-state index contributed by atoms with van der Waals surface area (Å²) in [6.07, 6.45) is 4.02. The zero-order valence-electron chi connectivity index (χ0n) is 8.69. The van der Waals surface area contributed by atoms with E-state index >= 15 is 0 Å². The molecule has 1 amide bonds. The first-order valence-corrected chi connectivity index (χ1v) is 4.71. The van der Waals surface area contributed by atoms with Crippen LogP contribution in [0, 0.1) is 0 Å². The fraction of sp³-hybridized carbons (Fsp3) is 0.273. The van der Waals surface area contributed by atoms with E-state index in [1.165, 1.54) is 10.6 Å². The lowest BCUT2D eigenvalue weighted by Crippen LogP contribution is -2.26. The van der Waals surface area contributed by atoms with Gasteiger partial charge >= 0.3 is 0 Å². The molecule has 1 heterocycles. The van der Waals surface area contributed by atoms with Crippen LogP contribution in [0.1, 0.15) is 16.8 Å². The van der Waals surface area contributed by atoms with Crippen molar-refractivity contribution in [2.75, 3.05) is 6.54 Å². The SMILES string of the molecule is C=CCCNC(=O)c1ccn(C)c(=O)c1. The van der Waals surface area contributed by atoms with Crippen molar-refractivity contribution in [3.8, 4) is 0 Å². The number of aromatic nitrogens is 1. The normalized spacial score (nSPS) is 9.67. The van der Waals surface area contributed by atoms with E-state index in [0.29, 0.717) is 12.1 Å². The highest BCUT2D eigenvalue weighted by Gasteiger charge is 2.04. The van der Waals surface area contributed by atoms with Gasteiger partial charge < -0.3 is 9.88 Å². The predicted molar refractivity (Wildman–Crippen MR) is 58.8 cm³/mol. The molecule has 0 fully saturated rings. The van der Waals surface area contributed by atoms with Crippen LogP contribution >= 0.6 is 0 Å². The van der Waals surface area contributed by atoms with Gasteiger partial charge in [0.1, 0.15) is 0 Å². The summed E-state index contributed by atoms with van der Waals surface area (Å²) in [5, 5.41) is 2.69. The maximum absolute atomic E-state index is 11.5. The van der Waals surface area contributed by atoms with Gasteiger partial charge in [-0.05, 0) is 12.5 Å². The van der Waals surface area contributed by atoms with Crippen LogP contribution in [0.2, 0.25) is 0 Å². The van der Waals surface area contributed by atoms with E-state index in [0.717, 1.165) is 6.42 Å². The summed E-state index contributed by atoms with van der Waals surface area (Å²) in [6, 6.07) is 2.94. The molecule has 1 N–H and O–H groups in total. The van der Waals surface area contributed by atoms with Crippen molar-refractivity contribution in [3.63, 3.8) is 0 Å². The zero-order chi connectivity index (χ0) is 11.3. The summed E-state index contributed by atoms with van der Waals surface area (Å²) in [5.74, 6) is -0.227. The predicted octanol–water partition coefficient (Wildman–Crippen LogP) is 0.691. The number of amides is 1. The van der Waals surface area contributed by atoms with Gasteiger partial charge in [-0.15, -0.1) is 6.58 Å². The van der Waals surface area contributed by atoms with E-state index in [-0.39, 0.29) is 11.5 Å². The minimum atomic E-state index is -0.227. The van der Waals surface area contributed by atoms with Crippen molar-refractivity contribution in [1.29, 1.82) is 0 Å². The van der Waals surface area contributed by atoms with Crippen LogP contribution < -0.4 is 10.9 Å². The average Bonchev–Trinajstić information content (AvgIpc) is 2.22. The van der Waals surface area contributed by atoms with Gasteiger partial charge in [0, 0.05) is 31.4 Å². The van der Waals surface area contributed by atoms with Crippen molar-refractivity contribution in [1.82, 2.24) is 9.88 Å². The lowest BCUT2D eigenvalue weighted by molar-refractivity contribution is 0.0954. The second kappa shape index (κ2) is 5.14. The Hall–Kier alpha value is -1.84. The van der Waals surface area contributed by atoms with Crippen LogP contribution in [-0.4, -0.2) is 17.0 Å². The Balaban J connectivity index is 2.70. The Labute approximate surface area is 88.2 Å². The molecular formula is C11H14N2O2. The fourth-order valence-corrected chi connectivity index (χ4v) is 1.08. The van der Waals surface area contributed by atoms with Crippen LogP contribution in [0.15, 0.2) is 35.8 Å². The highest BCUT2D eigenvalue weighted by Crippen LogP contribution is 1.93. The molecule has 0 aromatic carbocycles. The molecule has 4 heteroatoms. The first-order valence-electron chi connectivity index (χ1n) is 4.71. The van der Waals surface area contributed by atoms with E-state index in [2.05, 4.69) is 11.9 Å². The lowest BCUT2D eigenvalue weighted by Gasteiger charge is -2.03. The molecule has 0 radical (unpaired) electrons. The topological polar surface area (TPSA) is 51.1 Å². The minimum absolute atomic E-state index is 0.189. The van der Waals surface area contributed by atoms with Crippen LogP contribution in [0.3, 0.4) is 0 Å². The monoisotopic (exact) mass is 206 g/mol. The summed E-state index contributed by atoms with van der Waals surface area (Å²) in [4.78, 5) is 22.7. The van der Waals surface area contributed by atoms with E-state index in [9.17, 15) is 9.59 Å². The molecule has 0 saturated carbocycles. The van der Waals surface area contributed by atoms with Gasteiger partial charge in [0.25, 0.3) is 11.5 Å². The molecule has 0 saturated heterocycles. The Morgan fingerprint density at radius 2 is 2.40 bits per heavy atom. The summed E-state index contributed by atoms with van der Waals surface area (Å²) in [7, 11) is 1.64. The van der Waals surface area contributed by atoms with Crippen molar-refractivity contribution in [2.24, 2.45) is 7.05 Å². The molecule has 1 aromatic rings. The van der Waals surface area contributed by atoms with Crippen molar-refractivity contribution >= 4 is 5.91 Å². The molecule has 0 aliphatic rings. The average molecular weight is 206 g/mol. The number of carbonyl (C=O) groups is 1. The molecule has 80 valence electrons. The maximum Gasteiger partial charge on any atom is 0.251 e. The summed E-state index contributed by atoms with van der Waals surface area (Å²) in [6.45, 7) is 4.09. The first-order chi connectivity index (χ1) is 7.15. The van der Waals surface area contributed by atoms with Crippen molar-refractivity contribution < 1.29 is 4.79 Å². The maximum atomic E-state index is 11.5. The highest BCUT2D eigenvalue weighted by atomic mass is 16.2. The highest BCUT2D eigenvalue weighted by molar-refractivity contribution is 5.93. The molecule has 0 bridgehead atoms. The zero-order valence-corrected chi connectivity index (χ0v) is 8.69. The Kier molecular flexibility index (Phi) is 3.85. The van der Waals surface area contributed by atoms with Gasteiger partial charge in [-0.1, -0.05) is 6.08 Å². The van der Waals surface area contributed by atoms with Gasteiger partial charge in [-0.3, -0.25) is 9.59 Å². The largest absolute Gasteiger partial charge is 0.352 e. The third-order valence-corrected chi connectivity index (χ3v) is 2.00. The van der Waals surface area contributed by atoms with Crippen molar-refractivity contribution in [2.45, 2.75) is 6.42 Å². The van der Waals surface area contributed by atoms with Crippen LogP contribution in [-0.2, 0) is 7.05 Å². The third-order valence-electron chi connectivity index (χ3n) is 2.00. The van der Waals surface area contributed by atoms with Crippen LogP contribution in [0.4, 0.5) is 0 Å². The molecule has 15 heavy (non-hydrogen) atoms. The molecular weight excluding hydrogens is 192 g/mol. The number of carbonyl (C=O) groups excluding carboxylic acids is 1. The van der Waals surface area contributed by atoms with E-state index in [4.69, 9.17) is 0 Å². The van der Waals surface area contributed by atoms with Gasteiger partial charge in [-0.2, -0.15) is 0 Å². The van der Waals surface area contributed by atoms with Gasteiger partial charge in [0.05, 0.1) is 0 Å². The number of aryl methyl sites for hydroxylation is 1. The molecule has 0 atom stereocenters. The van der Waals surface area contributed by atoms with E-state index < -0.39 is 0 Å². The molecule has 0 aliphatic heterocycles. The number of hydrogen-bond acceptors (Lipinski definition) is 2. The number of nitrogens with one attached hydrogen (secondary N) is 1. The van der Waals surface area contributed by atoms with Crippen LogP contribution in [0.5, 0.6) is 0 Å². The lowest BCUT2D eigenvalue weighted by atomic mass is 10.2. The molecule has 4 nitrogen and oxygen atoms in total. The smallest absolute Gasteiger partial charge is 0.251 e. The van der Waals surface area contributed by atoms with Gasteiger partial charge in [0.15, 0.2) is 0 Å². The Morgan fingerprint density at radius 3 is 3.00 bits per heavy atom. The molecule has 1 rings (SSSR count). The van der Waals surface area contributed by atoms with E-state index in [1.807, 2.05) is 0 Å².